The summed E-state index contributed by atoms with van der Waals surface area (Å²) in [5, 5.41) is 3.25. The first kappa shape index (κ1) is 12.9. The molecule has 2 nitrogen and oxygen atoms in total. The minimum absolute atomic E-state index is 0.114. The molecule has 1 N–H and O–H groups in total. The van der Waals surface area contributed by atoms with E-state index >= 15 is 0 Å². The van der Waals surface area contributed by atoms with Gasteiger partial charge >= 0.3 is 0 Å². The summed E-state index contributed by atoms with van der Waals surface area (Å²) in [7, 11) is 0. The Bertz CT molecular complexity index is 468. The first-order valence-corrected chi connectivity index (χ1v) is 6.76. The van der Waals surface area contributed by atoms with Crippen molar-refractivity contribution in [3.8, 4) is 0 Å². The second-order valence-electron chi connectivity index (χ2n) is 5.36. The Kier molecular flexibility index (Phi) is 3.50. The topological polar surface area (TPSA) is 15.3 Å². The smallest absolute Gasteiger partial charge is 0.161 e. The molecule has 3 rings (SSSR count). The highest BCUT2D eigenvalue weighted by molar-refractivity contribution is 5.25. The maximum absolute atomic E-state index is 14.0. The molecule has 1 atom stereocenters. The average molecular weight is 270 g/mol. The molecule has 19 heavy (non-hydrogen) atoms. The van der Waals surface area contributed by atoms with Crippen LogP contribution in [0.15, 0.2) is 12.1 Å². The number of nitrogens with one attached hydrogen (secondary N) is 1. The third kappa shape index (κ3) is 2.62. The SMILES string of the molecule is Fc1cc(F)c([C@@H](C2CC2)N2CCNCC2)cc1F. The molecule has 0 spiro atoms. The van der Waals surface area contributed by atoms with Crippen LogP contribution in [0.3, 0.4) is 0 Å². The van der Waals surface area contributed by atoms with Crippen molar-refractivity contribution in [3.63, 3.8) is 0 Å². The van der Waals surface area contributed by atoms with Crippen LogP contribution >= 0.6 is 0 Å². The summed E-state index contributed by atoms with van der Waals surface area (Å²) in [5.74, 6) is -2.33. The third-order valence-corrected chi connectivity index (χ3v) is 3.97. The Balaban J connectivity index is 1.93. The van der Waals surface area contributed by atoms with E-state index in [1.54, 1.807) is 0 Å². The van der Waals surface area contributed by atoms with E-state index in [9.17, 15) is 13.2 Å². The molecule has 2 aliphatic rings. The van der Waals surface area contributed by atoms with Gasteiger partial charge in [0.25, 0.3) is 0 Å². The molecule has 2 fully saturated rings. The van der Waals surface area contributed by atoms with Crippen molar-refractivity contribution in [2.75, 3.05) is 26.2 Å². The van der Waals surface area contributed by atoms with Crippen LogP contribution in [0.4, 0.5) is 13.2 Å². The fraction of sp³-hybridized carbons (Fsp3) is 0.571. The Morgan fingerprint density at radius 3 is 2.26 bits per heavy atom. The van der Waals surface area contributed by atoms with Crippen molar-refractivity contribution in [1.29, 1.82) is 0 Å². The average Bonchev–Trinajstić information content (AvgIpc) is 3.22. The van der Waals surface area contributed by atoms with Gasteiger partial charge in [0.2, 0.25) is 0 Å². The van der Waals surface area contributed by atoms with E-state index in [0.29, 0.717) is 17.5 Å². The van der Waals surface area contributed by atoms with Gasteiger partial charge in [-0.3, -0.25) is 4.90 Å². The minimum Gasteiger partial charge on any atom is -0.314 e. The van der Waals surface area contributed by atoms with E-state index in [0.717, 1.165) is 45.1 Å². The summed E-state index contributed by atoms with van der Waals surface area (Å²) in [4.78, 5) is 2.18. The molecule has 1 aromatic carbocycles. The van der Waals surface area contributed by atoms with Crippen LogP contribution < -0.4 is 5.32 Å². The van der Waals surface area contributed by atoms with Crippen LogP contribution in [0.2, 0.25) is 0 Å². The van der Waals surface area contributed by atoms with E-state index in [1.807, 2.05) is 0 Å². The van der Waals surface area contributed by atoms with Gasteiger partial charge in [0, 0.05) is 43.9 Å². The standard InChI is InChI=1S/C14H17F3N2/c15-11-8-13(17)12(16)7-10(11)14(9-1-2-9)19-5-3-18-4-6-19/h7-9,14,18H,1-6H2/t14-/m1/s1. The van der Waals surface area contributed by atoms with Gasteiger partial charge in [0.15, 0.2) is 11.6 Å². The lowest BCUT2D eigenvalue weighted by Crippen LogP contribution is -2.45. The number of rotatable bonds is 3. The van der Waals surface area contributed by atoms with Crippen molar-refractivity contribution in [3.05, 3.63) is 35.1 Å². The van der Waals surface area contributed by atoms with E-state index < -0.39 is 17.5 Å². The second-order valence-corrected chi connectivity index (χ2v) is 5.36. The molecule has 1 aliphatic carbocycles. The molecule has 5 heteroatoms. The summed E-state index contributed by atoms with van der Waals surface area (Å²) in [6.45, 7) is 3.35. The summed E-state index contributed by atoms with van der Waals surface area (Å²) in [5.41, 5.74) is 0.309. The van der Waals surface area contributed by atoms with Crippen molar-refractivity contribution in [2.45, 2.75) is 18.9 Å². The zero-order valence-electron chi connectivity index (χ0n) is 10.6. The van der Waals surface area contributed by atoms with Crippen LogP contribution in [-0.4, -0.2) is 31.1 Å². The lowest BCUT2D eigenvalue weighted by Gasteiger charge is -2.35. The molecule has 104 valence electrons. The van der Waals surface area contributed by atoms with Gasteiger partial charge in [-0.25, -0.2) is 13.2 Å². The summed E-state index contributed by atoms with van der Waals surface area (Å²) < 4.78 is 40.4. The molecular weight excluding hydrogens is 253 g/mol. The minimum atomic E-state index is -1.11. The van der Waals surface area contributed by atoms with E-state index in [1.165, 1.54) is 0 Å². The third-order valence-electron chi connectivity index (χ3n) is 3.97. The molecule has 1 saturated carbocycles. The summed E-state index contributed by atoms with van der Waals surface area (Å²) in [6, 6.07) is 1.59. The largest absolute Gasteiger partial charge is 0.314 e. The quantitative estimate of drug-likeness (QED) is 0.849. The van der Waals surface area contributed by atoms with E-state index in [2.05, 4.69) is 10.2 Å². The summed E-state index contributed by atoms with van der Waals surface area (Å²) >= 11 is 0. The number of nitrogens with zero attached hydrogens (tertiary/aromatic N) is 1. The van der Waals surface area contributed by atoms with Gasteiger partial charge in [-0.1, -0.05) is 0 Å². The Hall–Kier alpha value is -1.07. The molecule has 0 unspecified atom stereocenters. The predicted molar refractivity (Wildman–Crippen MR) is 66.2 cm³/mol. The molecule has 0 aromatic heterocycles. The van der Waals surface area contributed by atoms with Crippen LogP contribution in [0.5, 0.6) is 0 Å². The monoisotopic (exact) mass is 270 g/mol. The van der Waals surface area contributed by atoms with E-state index in [4.69, 9.17) is 0 Å². The van der Waals surface area contributed by atoms with Gasteiger partial charge in [-0.15, -0.1) is 0 Å². The molecule has 1 saturated heterocycles. The van der Waals surface area contributed by atoms with Gasteiger partial charge in [0.1, 0.15) is 5.82 Å². The highest BCUT2D eigenvalue weighted by Gasteiger charge is 2.38. The molecule has 0 amide bonds. The Labute approximate surface area is 110 Å². The number of hydrogen-bond acceptors (Lipinski definition) is 2. The van der Waals surface area contributed by atoms with Crippen molar-refractivity contribution in [1.82, 2.24) is 10.2 Å². The normalized spacial score (nSPS) is 22.5. The lowest BCUT2D eigenvalue weighted by atomic mass is 9.99. The highest BCUT2D eigenvalue weighted by atomic mass is 19.2. The molecule has 0 radical (unpaired) electrons. The molecule has 1 heterocycles. The number of benzene rings is 1. The van der Waals surface area contributed by atoms with Crippen LogP contribution in [0, 0.1) is 23.4 Å². The molecule has 0 bridgehead atoms. The molecule has 1 aromatic rings. The van der Waals surface area contributed by atoms with Crippen LogP contribution in [0.1, 0.15) is 24.4 Å². The zero-order valence-corrected chi connectivity index (χ0v) is 10.6. The maximum atomic E-state index is 14.0. The fourth-order valence-corrected chi connectivity index (χ4v) is 2.89. The molecule has 1 aliphatic heterocycles. The van der Waals surface area contributed by atoms with Crippen LogP contribution in [-0.2, 0) is 0 Å². The zero-order chi connectivity index (χ0) is 13.4. The van der Waals surface area contributed by atoms with Crippen molar-refractivity contribution < 1.29 is 13.2 Å². The lowest BCUT2D eigenvalue weighted by molar-refractivity contribution is 0.152. The number of halogens is 3. The van der Waals surface area contributed by atoms with Gasteiger partial charge in [-0.2, -0.15) is 0 Å². The van der Waals surface area contributed by atoms with Gasteiger partial charge < -0.3 is 5.32 Å². The number of hydrogen-bond donors (Lipinski definition) is 1. The first-order valence-electron chi connectivity index (χ1n) is 6.76. The van der Waals surface area contributed by atoms with Crippen molar-refractivity contribution in [2.24, 2.45) is 5.92 Å². The Morgan fingerprint density at radius 1 is 1.00 bits per heavy atom. The number of piperazine rings is 1. The molecular formula is C14H17F3N2. The maximum Gasteiger partial charge on any atom is 0.161 e. The Morgan fingerprint density at radius 2 is 1.63 bits per heavy atom. The van der Waals surface area contributed by atoms with Crippen molar-refractivity contribution >= 4 is 0 Å². The highest BCUT2D eigenvalue weighted by Crippen LogP contribution is 2.45. The second kappa shape index (κ2) is 5.13. The predicted octanol–water partition coefficient (Wildman–Crippen LogP) is 2.46. The van der Waals surface area contributed by atoms with Crippen LogP contribution in [0.25, 0.3) is 0 Å². The fourth-order valence-electron chi connectivity index (χ4n) is 2.89. The summed E-state index contributed by atoms with van der Waals surface area (Å²) in [6.07, 6.45) is 2.07. The van der Waals surface area contributed by atoms with Gasteiger partial charge in [0.05, 0.1) is 0 Å². The van der Waals surface area contributed by atoms with E-state index in [-0.39, 0.29) is 6.04 Å². The van der Waals surface area contributed by atoms with Gasteiger partial charge in [-0.05, 0) is 24.8 Å². The first-order chi connectivity index (χ1) is 9.16.